The summed E-state index contributed by atoms with van der Waals surface area (Å²) in [6.07, 6.45) is 0. The van der Waals surface area contributed by atoms with Crippen molar-refractivity contribution in [3.8, 4) is 10.6 Å². The Labute approximate surface area is 501 Å². The van der Waals surface area contributed by atoms with Gasteiger partial charge in [-0.1, -0.05) is 208 Å². The Morgan fingerprint density at radius 3 is 1.45 bits per heavy atom. The highest BCUT2D eigenvalue weighted by molar-refractivity contribution is 9.93. The number of esters is 3. The second-order valence-corrected chi connectivity index (χ2v) is 19.5. The van der Waals surface area contributed by atoms with Gasteiger partial charge < -0.3 is 19.9 Å². The zero-order chi connectivity index (χ0) is 55.0. The number of ketones is 2. The Morgan fingerprint density at radius 2 is 1.04 bits per heavy atom. The number of halogens is 10. The molecule has 2 N–H and O–H groups in total. The van der Waals surface area contributed by atoms with Crippen LogP contribution in [0.25, 0.3) is 10.6 Å². The number of thiazole rings is 1. The van der Waals surface area contributed by atoms with Crippen molar-refractivity contribution in [3.63, 3.8) is 0 Å². The molecule has 3 unspecified atom stereocenters. The van der Waals surface area contributed by atoms with Crippen LogP contribution in [0.4, 0.5) is 0 Å². The van der Waals surface area contributed by atoms with Crippen molar-refractivity contribution >= 4 is 183 Å². The maximum Gasteiger partial charge on any atom is 0.321 e. The SMILES string of the molecule is BrBr.C.CCOC(=O)C(C(=O)CBr)c1ccccc1.CCOC(=O)C(C(C)=O)c1ccccc1.CCOC(=O)C(c1ccccc1)c1csc(-c2ccc(Cl)cc2Cl)n1.ClC(Cl)Cl.NC(=S)c1ccc(Cl)cc1Cl. The monoisotopic (exact) mass is 1380 g/mol. The van der Waals surface area contributed by atoms with Crippen molar-refractivity contribution in [3.05, 3.63) is 181 Å². The summed E-state index contributed by atoms with van der Waals surface area (Å²) in [5.41, 5.74) is 9.67. The summed E-state index contributed by atoms with van der Waals surface area (Å²) >= 11 is 52.8. The topological polar surface area (TPSA) is 152 Å². The van der Waals surface area contributed by atoms with Gasteiger partial charge in [-0.05, 0) is 80.8 Å². The molecule has 1 heterocycles. The molecule has 0 spiro atoms. The van der Waals surface area contributed by atoms with E-state index in [1.807, 2.05) is 53.9 Å². The maximum atomic E-state index is 12.5. The van der Waals surface area contributed by atoms with Crippen LogP contribution in [0.15, 0.2) is 133 Å². The average Bonchev–Trinajstić information content (AvgIpc) is 3.83. The number of nitrogens with zero attached hydrogens (tertiary/aromatic N) is 1. The molecule has 74 heavy (non-hydrogen) atoms. The summed E-state index contributed by atoms with van der Waals surface area (Å²) in [7, 11) is 0. The van der Waals surface area contributed by atoms with Crippen molar-refractivity contribution in [1.82, 2.24) is 4.98 Å². The van der Waals surface area contributed by atoms with Gasteiger partial charge in [0.2, 0.25) is 0 Å². The smallest absolute Gasteiger partial charge is 0.321 e. The van der Waals surface area contributed by atoms with Gasteiger partial charge in [0.25, 0.3) is 0 Å². The predicted octanol–water partition coefficient (Wildman–Crippen LogP) is 17.0. The van der Waals surface area contributed by atoms with Crippen molar-refractivity contribution < 1.29 is 38.2 Å². The second kappa shape index (κ2) is 40.1. The van der Waals surface area contributed by atoms with Gasteiger partial charge in [-0.2, -0.15) is 0 Å². The standard InChI is InChI=1S/C19H15Cl2NO2S.C12H13BrO3.C12H14O3.C7H5Cl2NS.CHCl3.CH4.Br2/c1-2-24-19(23)17(12-6-4-3-5-7-12)16-11-25-18(22-16)14-9-8-13(20)10-15(14)21;1-2-16-12(15)11(10(14)8-13)9-6-4-3-5-7-9;1-3-15-12(14)11(9(2)13)10-7-5-4-6-8-10;8-4-1-2-5(7(10)11)6(9)3-4;2-1(3)4;;1-2/h3-11,17H,2H2,1H3;3-7,11H,2,8H2,1H3;4-8,11H,3H2,1-2H3;1-3H,(H2,10,11);1H;1H4;. The molecule has 10 nitrogen and oxygen atoms in total. The normalized spacial score (nSPS) is 11.0. The summed E-state index contributed by atoms with van der Waals surface area (Å²) in [5.74, 6) is -3.82. The second-order valence-electron chi connectivity index (χ2n) is 13.9. The number of benzene rings is 5. The lowest BCUT2D eigenvalue weighted by atomic mass is 9.96. The van der Waals surface area contributed by atoms with Crippen LogP contribution in [-0.2, 0) is 38.2 Å². The van der Waals surface area contributed by atoms with Gasteiger partial charge in [-0.25, -0.2) is 4.98 Å². The van der Waals surface area contributed by atoms with Gasteiger partial charge in [0.1, 0.15) is 33.5 Å². The highest BCUT2D eigenvalue weighted by Gasteiger charge is 2.29. The molecule has 0 fully saturated rings. The molecular weight excluding hydrogens is 1330 g/mol. The molecule has 3 atom stereocenters. The summed E-state index contributed by atoms with van der Waals surface area (Å²) < 4.78 is 14.3. The fraction of sp³-hybridized carbons (Fsp3) is 0.250. The third kappa shape index (κ3) is 25.8. The van der Waals surface area contributed by atoms with Gasteiger partial charge in [0, 0.05) is 54.8 Å². The van der Waals surface area contributed by atoms with Crippen LogP contribution in [-0.4, -0.2) is 68.9 Å². The zero-order valence-electron chi connectivity index (χ0n) is 39.2. The fourth-order valence-electron chi connectivity index (χ4n) is 6.00. The van der Waals surface area contributed by atoms with Crippen molar-refractivity contribution in [2.24, 2.45) is 5.73 Å². The van der Waals surface area contributed by atoms with E-state index in [2.05, 4.69) is 49.2 Å². The van der Waals surface area contributed by atoms with Gasteiger partial charge in [0.05, 0.1) is 40.9 Å². The van der Waals surface area contributed by atoms with Crippen molar-refractivity contribution in [1.29, 1.82) is 0 Å². The van der Waals surface area contributed by atoms with Gasteiger partial charge in [-0.3, -0.25) is 24.0 Å². The van der Waals surface area contributed by atoms with Gasteiger partial charge in [0.15, 0.2) is 10.1 Å². The van der Waals surface area contributed by atoms with Crippen LogP contribution < -0.4 is 5.73 Å². The van der Waals surface area contributed by atoms with E-state index in [4.69, 9.17) is 113 Å². The number of aromatic nitrogens is 1. The van der Waals surface area contributed by atoms with E-state index in [-0.39, 0.29) is 48.5 Å². The molecule has 400 valence electrons. The molecule has 0 bridgehead atoms. The van der Waals surface area contributed by atoms with Crippen LogP contribution >= 0.6 is 149 Å². The number of Topliss-reactive ketones (excluding diaryl/α,β-unsaturated/α-hetero) is 2. The molecule has 0 amide bonds. The minimum atomic E-state index is -0.819. The number of rotatable bonds is 15. The molecule has 0 aliphatic rings. The van der Waals surface area contributed by atoms with E-state index < -0.39 is 34.0 Å². The lowest BCUT2D eigenvalue weighted by Gasteiger charge is -2.13. The van der Waals surface area contributed by atoms with E-state index in [9.17, 15) is 24.0 Å². The van der Waals surface area contributed by atoms with Crippen LogP contribution in [0, 0.1) is 0 Å². The van der Waals surface area contributed by atoms with Crippen molar-refractivity contribution in [2.45, 2.75) is 57.2 Å². The Hall–Kier alpha value is -3.16. The minimum absolute atomic E-state index is 0. The number of hydrogen-bond acceptors (Lipinski definition) is 11. The van der Waals surface area contributed by atoms with E-state index in [1.54, 1.807) is 99.6 Å². The molecule has 0 radical (unpaired) electrons. The maximum absolute atomic E-state index is 12.5. The Balaban J connectivity index is 0.000000958. The molecule has 0 saturated heterocycles. The lowest BCUT2D eigenvalue weighted by Crippen LogP contribution is -2.25. The third-order valence-electron chi connectivity index (χ3n) is 9.00. The molecule has 0 saturated carbocycles. The summed E-state index contributed by atoms with van der Waals surface area (Å²) in [6, 6.07) is 37.6. The van der Waals surface area contributed by atoms with Crippen LogP contribution in [0.5, 0.6) is 0 Å². The van der Waals surface area contributed by atoms with Gasteiger partial charge in [-0.15, -0.1) is 11.3 Å². The van der Waals surface area contributed by atoms with Gasteiger partial charge >= 0.3 is 17.9 Å². The predicted molar refractivity (Wildman–Crippen MR) is 322 cm³/mol. The van der Waals surface area contributed by atoms with Crippen LogP contribution in [0.3, 0.4) is 0 Å². The Kier molecular flexibility index (Phi) is 38.4. The first kappa shape index (κ1) is 70.8. The lowest BCUT2D eigenvalue weighted by molar-refractivity contribution is -0.149. The molecular formula is C52H52Br3Cl7N2O8S2. The van der Waals surface area contributed by atoms with E-state index in [1.165, 1.54) is 18.3 Å². The highest BCUT2D eigenvalue weighted by Crippen LogP contribution is 2.36. The molecule has 22 heteroatoms. The summed E-state index contributed by atoms with van der Waals surface area (Å²) in [4.78, 5) is 63.7. The molecule has 1 aromatic heterocycles. The zero-order valence-corrected chi connectivity index (χ0v) is 50.9. The fourth-order valence-corrected chi connectivity index (χ4v) is 8.51. The number of carbonyl (C=O) groups excluding carboxylic acids is 5. The number of thiocarbonyl (C=S) groups is 1. The molecule has 0 aliphatic heterocycles. The summed E-state index contributed by atoms with van der Waals surface area (Å²) in [5, 5.41) is 4.92. The van der Waals surface area contributed by atoms with E-state index in [0.717, 1.165) is 16.1 Å². The van der Waals surface area contributed by atoms with E-state index in [0.29, 0.717) is 49.1 Å². The first-order chi connectivity index (χ1) is 34.8. The summed E-state index contributed by atoms with van der Waals surface area (Å²) in [6.45, 7) is 7.52. The number of carbonyl (C=O) groups is 5. The Bertz CT molecular complexity index is 2640. The third-order valence-corrected chi connectivity index (χ3v) is 11.8. The number of hydrogen-bond donors (Lipinski definition) is 1. The molecule has 5 aromatic carbocycles. The van der Waals surface area contributed by atoms with Crippen LogP contribution in [0.2, 0.25) is 20.1 Å². The first-order valence-corrected chi connectivity index (χ1v) is 30.2. The largest absolute Gasteiger partial charge is 0.465 e. The average molecular weight is 1390 g/mol. The molecule has 6 rings (SSSR count). The molecule has 6 aromatic rings. The first-order valence-electron chi connectivity index (χ1n) is 21.3. The Morgan fingerprint density at radius 1 is 0.635 bits per heavy atom. The number of ether oxygens (including phenoxy) is 3. The quantitative estimate of drug-likeness (QED) is 0.0344. The number of alkyl halides is 4. The highest BCUT2D eigenvalue weighted by atomic mass is 80.9. The number of nitrogens with two attached hydrogens (primary N) is 1. The van der Waals surface area contributed by atoms with E-state index >= 15 is 0 Å². The molecule has 0 aliphatic carbocycles. The van der Waals surface area contributed by atoms with Crippen molar-refractivity contribution in [2.75, 3.05) is 25.2 Å². The van der Waals surface area contributed by atoms with Crippen LogP contribution in [0.1, 0.15) is 80.8 Å². The minimum Gasteiger partial charge on any atom is -0.465 e.